The Bertz CT molecular complexity index is 953. The van der Waals surface area contributed by atoms with Gasteiger partial charge in [0.2, 0.25) is 0 Å². The molecule has 7 heteroatoms. The van der Waals surface area contributed by atoms with Crippen LogP contribution in [0.3, 0.4) is 0 Å². The van der Waals surface area contributed by atoms with Crippen molar-refractivity contribution in [2.45, 2.75) is 0 Å². The van der Waals surface area contributed by atoms with Gasteiger partial charge in [0, 0.05) is 36.5 Å². The van der Waals surface area contributed by atoms with Gasteiger partial charge in [-0.1, -0.05) is 0 Å². The fourth-order valence-corrected chi connectivity index (χ4v) is 3.30. The molecule has 0 radical (unpaired) electrons. The van der Waals surface area contributed by atoms with Crippen molar-refractivity contribution in [3.05, 3.63) is 48.1 Å². The van der Waals surface area contributed by atoms with E-state index in [1.165, 1.54) is 0 Å². The van der Waals surface area contributed by atoms with Gasteiger partial charge in [0.1, 0.15) is 11.6 Å². The van der Waals surface area contributed by atoms with Gasteiger partial charge in [0.05, 0.1) is 10.2 Å². The zero-order chi connectivity index (χ0) is 15.8. The summed E-state index contributed by atoms with van der Waals surface area (Å²) in [5.74, 6) is 2.02. The molecule has 0 bridgehead atoms. The van der Waals surface area contributed by atoms with Crippen LogP contribution in [-0.2, 0) is 7.05 Å². The Morgan fingerprint density at radius 3 is 2.70 bits per heavy atom. The highest BCUT2D eigenvalue weighted by Gasteiger charge is 2.10. The van der Waals surface area contributed by atoms with Gasteiger partial charge in [0.15, 0.2) is 5.82 Å². The van der Waals surface area contributed by atoms with Crippen LogP contribution in [0.5, 0.6) is 0 Å². The zero-order valence-electron chi connectivity index (χ0n) is 12.4. The van der Waals surface area contributed by atoms with Gasteiger partial charge in [-0.2, -0.15) is 5.10 Å². The van der Waals surface area contributed by atoms with Crippen molar-refractivity contribution in [3.63, 3.8) is 0 Å². The number of fused-ring (bicyclic) bond motifs is 1. The SMILES string of the molecule is Cn1nc(Nc2ccc3scc(-c4ccncc4)c3n2)cc1N. The molecule has 0 aliphatic heterocycles. The van der Waals surface area contributed by atoms with Crippen LogP contribution in [-0.4, -0.2) is 19.7 Å². The minimum absolute atomic E-state index is 0.599. The fourth-order valence-electron chi connectivity index (χ4n) is 2.39. The molecule has 0 amide bonds. The summed E-state index contributed by atoms with van der Waals surface area (Å²) in [6.45, 7) is 0. The predicted octanol–water partition coefficient (Wildman–Crippen LogP) is 3.42. The first kappa shape index (κ1) is 13.7. The molecule has 0 aromatic carbocycles. The van der Waals surface area contributed by atoms with Crippen LogP contribution in [0.4, 0.5) is 17.5 Å². The minimum atomic E-state index is 0.599. The van der Waals surface area contributed by atoms with Gasteiger partial charge < -0.3 is 11.1 Å². The standard InChI is InChI=1S/C16H14N6S/c1-22-13(17)8-15(21-22)19-14-3-2-12-16(20-14)11(9-23-12)10-4-6-18-7-5-10/h2-9H,17H2,1H3,(H,19,20,21). The van der Waals surface area contributed by atoms with Crippen LogP contribution in [0.1, 0.15) is 0 Å². The maximum atomic E-state index is 5.80. The first-order chi connectivity index (χ1) is 11.2. The smallest absolute Gasteiger partial charge is 0.155 e. The van der Waals surface area contributed by atoms with E-state index in [2.05, 4.69) is 26.8 Å². The summed E-state index contributed by atoms with van der Waals surface area (Å²) in [7, 11) is 1.80. The molecule has 0 aliphatic carbocycles. The first-order valence-electron chi connectivity index (χ1n) is 7.06. The van der Waals surface area contributed by atoms with Crippen molar-refractivity contribution in [3.8, 4) is 11.1 Å². The highest BCUT2D eigenvalue weighted by atomic mass is 32.1. The number of hydrogen-bond acceptors (Lipinski definition) is 6. The monoisotopic (exact) mass is 322 g/mol. The topological polar surface area (TPSA) is 81.7 Å². The van der Waals surface area contributed by atoms with Crippen LogP contribution in [0.2, 0.25) is 0 Å². The third-order valence-corrected chi connectivity index (χ3v) is 4.52. The number of nitrogens with two attached hydrogens (primary N) is 1. The number of rotatable bonds is 3. The molecule has 6 nitrogen and oxygen atoms in total. The second-order valence-electron chi connectivity index (χ2n) is 5.13. The molecule has 0 spiro atoms. The van der Waals surface area contributed by atoms with Crippen molar-refractivity contribution in [1.82, 2.24) is 19.7 Å². The quantitative estimate of drug-likeness (QED) is 0.604. The third kappa shape index (κ3) is 2.51. The number of nitrogen functional groups attached to an aromatic ring is 1. The molecule has 0 unspecified atom stereocenters. The first-order valence-corrected chi connectivity index (χ1v) is 7.94. The van der Waals surface area contributed by atoms with Crippen molar-refractivity contribution in [1.29, 1.82) is 0 Å². The lowest BCUT2D eigenvalue weighted by Gasteiger charge is -2.03. The van der Waals surface area contributed by atoms with E-state index in [1.807, 2.05) is 18.2 Å². The Labute approximate surface area is 136 Å². The van der Waals surface area contributed by atoms with Gasteiger partial charge in [-0.15, -0.1) is 11.3 Å². The summed E-state index contributed by atoms with van der Waals surface area (Å²) in [6.07, 6.45) is 3.58. The number of anilines is 3. The summed E-state index contributed by atoms with van der Waals surface area (Å²) >= 11 is 1.68. The molecule has 0 saturated carbocycles. The molecule has 0 fully saturated rings. The van der Waals surface area contributed by atoms with Gasteiger partial charge in [-0.3, -0.25) is 9.67 Å². The van der Waals surface area contributed by atoms with Crippen LogP contribution in [0.15, 0.2) is 48.1 Å². The average molecular weight is 322 g/mol. The van der Waals surface area contributed by atoms with Gasteiger partial charge >= 0.3 is 0 Å². The van der Waals surface area contributed by atoms with Gasteiger partial charge in [0.25, 0.3) is 0 Å². The normalized spacial score (nSPS) is 11.0. The van der Waals surface area contributed by atoms with E-state index < -0.39 is 0 Å². The van der Waals surface area contributed by atoms with Crippen molar-refractivity contribution < 1.29 is 0 Å². The number of pyridine rings is 2. The summed E-state index contributed by atoms with van der Waals surface area (Å²) in [5, 5.41) is 9.60. The number of aryl methyl sites for hydroxylation is 1. The molecule has 4 rings (SSSR count). The summed E-state index contributed by atoms with van der Waals surface area (Å²) < 4.78 is 2.76. The molecule has 3 N–H and O–H groups in total. The van der Waals surface area contributed by atoms with Crippen molar-refractivity contribution in [2.24, 2.45) is 7.05 Å². The number of aromatic nitrogens is 4. The van der Waals surface area contributed by atoms with Crippen LogP contribution >= 0.6 is 11.3 Å². The molecule has 4 aromatic heterocycles. The second kappa shape index (κ2) is 5.36. The Hall–Kier alpha value is -2.93. The van der Waals surface area contributed by atoms with Crippen LogP contribution in [0.25, 0.3) is 21.3 Å². The number of hydrogen-bond donors (Lipinski definition) is 2. The molecule has 0 saturated heterocycles. The summed E-state index contributed by atoms with van der Waals surface area (Å²) in [4.78, 5) is 8.80. The zero-order valence-corrected chi connectivity index (χ0v) is 13.2. The Kier molecular flexibility index (Phi) is 3.20. The molecule has 4 heterocycles. The van der Waals surface area contributed by atoms with Crippen LogP contribution in [0, 0.1) is 0 Å². The van der Waals surface area contributed by atoms with E-state index in [4.69, 9.17) is 10.7 Å². The maximum absolute atomic E-state index is 5.80. The van der Waals surface area contributed by atoms with Crippen molar-refractivity contribution in [2.75, 3.05) is 11.1 Å². The van der Waals surface area contributed by atoms with E-state index in [9.17, 15) is 0 Å². The maximum Gasteiger partial charge on any atom is 0.155 e. The highest BCUT2D eigenvalue weighted by molar-refractivity contribution is 7.17. The summed E-state index contributed by atoms with van der Waals surface area (Å²) in [5.41, 5.74) is 8.99. The summed E-state index contributed by atoms with van der Waals surface area (Å²) in [6, 6.07) is 9.76. The van der Waals surface area contributed by atoms with Gasteiger partial charge in [-0.05, 0) is 29.8 Å². The molecule has 114 valence electrons. The lowest BCUT2D eigenvalue weighted by atomic mass is 10.1. The second-order valence-corrected chi connectivity index (χ2v) is 6.04. The van der Waals surface area contributed by atoms with Gasteiger partial charge in [-0.25, -0.2) is 4.98 Å². The lowest BCUT2D eigenvalue weighted by molar-refractivity contribution is 0.782. The fraction of sp³-hybridized carbons (Fsp3) is 0.0625. The average Bonchev–Trinajstić information content (AvgIpc) is 3.11. The minimum Gasteiger partial charge on any atom is -0.384 e. The molecule has 23 heavy (non-hydrogen) atoms. The predicted molar refractivity (Wildman–Crippen MR) is 93.8 cm³/mol. The van der Waals surface area contributed by atoms with Crippen molar-refractivity contribution >= 4 is 39.0 Å². The Balaban J connectivity index is 1.75. The molecular formula is C16H14N6S. The van der Waals surface area contributed by atoms with E-state index in [0.717, 1.165) is 27.2 Å². The lowest BCUT2D eigenvalue weighted by Crippen LogP contribution is -1.98. The molecular weight excluding hydrogens is 308 g/mol. The number of nitrogens with zero attached hydrogens (tertiary/aromatic N) is 4. The van der Waals surface area contributed by atoms with E-state index >= 15 is 0 Å². The third-order valence-electron chi connectivity index (χ3n) is 3.58. The molecule has 0 aliphatic rings. The van der Waals surface area contributed by atoms with E-state index in [-0.39, 0.29) is 0 Å². The Morgan fingerprint density at radius 1 is 1.13 bits per heavy atom. The molecule has 4 aromatic rings. The van der Waals surface area contributed by atoms with E-state index in [0.29, 0.717) is 11.6 Å². The number of thiophene rings is 1. The van der Waals surface area contributed by atoms with Crippen LogP contribution < -0.4 is 11.1 Å². The van der Waals surface area contributed by atoms with E-state index in [1.54, 1.807) is 41.5 Å². The Morgan fingerprint density at radius 2 is 1.96 bits per heavy atom. The largest absolute Gasteiger partial charge is 0.384 e. The highest BCUT2D eigenvalue weighted by Crippen LogP contribution is 2.33. The number of nitrogens with one attached hydrogen (secondary N) is 1. The molecule has 0 atom stereocenters.